The first-order valence-electron chi connectivity index (χ1n) is 9.13. The average molecular weight is 449 g/mol. The molecule has 30 heavy (non-hydrogen) atoms. The van der Waals surface area contributed by atoms with Gasteiger partial charge in [-0.25, -0.2) is 17.8 Å². The van der Waals surface area contributed by atoms with Crippen molar-refractivity contribution in [1.82, 2.24) is 4.98 Å². The topological polar surface area (TPSA) is 85.4 Å². The highest BCUT2D eigenvalue weighted by Crippen LogP contribution is 2.26. The lowest BCUT2D eigenvalue weighted by molar-refractivity contribution is 0.102. The second kappa shape index (κ2) is 9.46. The molecule has 0 saturated carbocycles. The van der Waals surface area contributed by atoms with Gasteiger partial charge in [0.15, 0.2) is 15.0 Å². The number of methoxy groups -OCH3 is 1. The Morgan fingerprint density at radius 2 is 1.87 bits per heavy atom. The summed E-state index contributed by atoms with van der Waals surface area (Å²) in [5.41, 5.74) is 1.59. The number of benzene rings is 2. The minimum atomic E-state index is -3.46. The third kappa shape index (κ3) is 5.29. The van der Waals surface area contributed by atoms with Crippen molar-refractivity contribution in [2.45, 2.75) is 18.2 Å². The second-order valence-corrected chi connectivity index (χ2v) is 9.78. The fourth-order valence-electron chi connectivity index (χ4n) is 2.75. The number of carbonyl (C=O) groups excluding carboxylic acids is 1. The van der Waals surface area contributed by atoms with E-state index in [9.17, 15) is 17.6 Å². The number of nitrogens with zero attached hydrogens (tertiary/aromatic N) is 1. The number of aryl methyl sites for hydroxylation is 1. The van der Waals surface area contributed by atoms with E-state index in [2.05, 4.69) is 10.3 Å². The second-order valence-electron chi connectivity index (χ2n) is 6.59. The summed E-state index contributed by atoms with van der Waals surface area (Å²) >= 11 is 1.28. The van der Waals surface area contributed by atoms with Gasteiger partial charge >= 0.3 is 0 Å². The number of halogens is 1. The average Bonchev–Trinajstić information content (AvgIpc) is 3.07. The Morgan fingerprint density at radius 3 is 2.53 bits per heavy atom. The standard InChI is InChI=1S/C21H21FN2O4S2/c1-14-19(13-16-5-3-4-6-18(16)22)29-21(23-14)24-20(25)15-7-9-17(10-8-15)30(26,27)12-11-28-2/h3-10H,11-13H2,1-2H3,(H,23,24,25). The molecule has 0 unspecified atom stereocenters. The van der Waals surface area contributed by atoms with Gasteiger partial charge in [0.2, 0.25) is 0 Å². The maximum absolute atomic E-state index is 13.9. The van der Waals surface area contributed by atoms with Gasteiger partial charge in [-0.15, -0.1) is 11.3 Å². The molecule has 0 bridgehead atoms. The van der Waals surface area contributed by atoms with Crippen LogP contribution in [0.15, 0.2) is 53.4 Å². The van der Waals surface area contributed by atoms with Gasteiger partial charge in [0, 0.05) is 24.0 Å². The van der Waals surface area contributed by atoms with E-state index >= 15 is 0 Å². The van der Waals surface area contributed by atoms with E-state index in [0.717, 1.165) is 10.6 Å². The molecule has 0 atom stereocenters. The van der Waals surface area contributed by atoms with E-state index in [-0.39, 0.29) is 23.1 Å². The molecule has 1 N–H and O–H groups in total. The molecule has 1 aromatic heterocycles. The van der Waals surface area contributed by atoms with Crippen molar-refractivity contribution >= 4 is 32.2 Å². The van der Waals surface area contributed by atoms with E-state index in [4.69, 9.17) is 4.74 Å². The first kappa shape index (κ1) is 22.1. The van der Waals surface area contributed by atoms with Gasteiger partial charge in [0.1, 0.15) is 5.82 Å². The molecule has 2 aromatic carbocycles. The van der Waals surface area contributed by atoms with E-state index in [1.54, 1.807) is 18.2 Å². The van der Waals surface area contributed by atoms with Gasteiger partial charge < -0.3 is 4.74 Å². The smallest absolute Gasteiger partial charge is 0.257 e. The van der Waals surface area contributed by atoms with Crippen molar-refractivity contribution in [2.24, 2.45) is 0 Å². The monoisotopic (exact) mass is 448 g/mol. The summed E-state index contributed by atoms with van der Waals surface area (Å²) in [4.78, 5) is 17.8. The van der Waals surface area contributed by atoms with Crippen LogP contribution in [0.2, 0.25) is 0 Å². The van der Waals surface area contributed by atoms with Gasteiger partial charge in [0.25, 0.3) is 5.91 Å². The van der Waals surface area contributed by atoms with Crippen LogP contribution in [0.1, 0.15) is 26.5 Å². The lowest BCUT2D eigenvalue weighted by Crippen LogP contribution is -2.14. The van der Waals surface area contributed by atoms with Crippen LogP contribution in [0.5, 0.6) is 0 Å². The van der Waals surface area contributed by atoms with Crippen molar-refractivity contribution in [3.8, 4) is 0 Å². The minimum absolute atomic E-state index is 0.100. The number of hydrogen-bond acceptors (Lipinski definition) is 6. The molecule has 0 saturated heterocycles. The number of amides is 1. The molecule has 0 aliphatic carbocycles. The van der Waals surface area contributed by atoms with Crippen molar-refractivity contribution in [1.29, 1.82) is 0 Å². The predicted octanol–water partition coefficient (Wildman–Crippen LogP) is 3.85. The molecule has 0 spiro atoms. The van der Waals surface area contributed by atoms with Crippen molar-refractivity contribution in [2.75, 3.05) is 24.8 Å². The normalized spacial score (nSPS) is 11.4. The van der Waals surface area contributed by atoms with Crippen molar-refractivity contribution in [3.05, 3.63) is 76.0 Å². The van der Waals surface area contributed by atoms with E-state index in [1.807, 2.05) is 6.92 Å². The van der Waals surface area contributed by atoms with E-state index < -0.39 is 15.7 Å². The van der Waals surface area contributed by atoms with Crippen molar-refractivity contribution in [3.63, 3.8) is 0 Å². The van der Waals surface area contributed by atoms with Crippen LogP contribution in [0, 0.1) is 12.7 Å². The Morgan fingerprint density at radius 1 is 1.17 bits per heavy atom. The molecule has 9 heteroatoms. The molecule has 3 rings (SSSR count). The van der Waals surface area contributed by atoms with Crippen LogP contribution in [-0.2, 0) is 21.0 Å². The lowest BCUT2D eigenvalue weighted by atomic mass is 10.1. The van der Waals surface area contributed by atoms with Gasteiger partial charge in [-0.05, 0) is 42.8 Å². The molecule has 0 fully saturated rings. The maximum Gasteiger partial charge on any atom is 0.257 e. The Hall–Kier alpha value is -2.62. The number of anilines is 1. The first-order valence-corrected chi connectivity index (χ1v) is 11.6. The number of thiazole rings is 1. The van der Waals surface area contributed by atoms with Crippen LogP contribution in [0.25, 0.3) is 0 Å². The number of ether oxygens (including phenoxy) is 1. The molecular formula is C21H21FN2O4S2. The first-order chi connectivity index (χ1) is 14.3. The van der Waals surface area contributed by atoms with E-state index in [0.29, 0.717) is 22.7 Å². The Kier molecular flexibility index (Phi) is 6.96. The number of sulfone groups is 1. The lowest BCUT2D eigenvalue weighted by Gasteiger charge is -2.06. The highest BCUT2D eigenvalue weighted by atomic mass is 32.2. The highest BCUT2D eigenvalue weighted by Gasteiger charge is 2.17. The summed E-state index contributed by atoms with van der Waals surface area (Å²) < 4.78 is 43.0. The van der Waals surface area contributed by atoms with Crippen molar-refractivity contribution < 1.29 is 22.3 Å². The fraction of sp³-hybridized carbons (Fsp3) is 0.238. The molecule has 6 nitrogen and oxygen atoms in total. The largest absolute Gasteiger partial charge is 0.384 e. The molecule has 0 radical (unpaired) electrons. The molecule has 1 heterocycles. The number of rotatable bonds is 8. The van der Waals surface area contributed by atoms with Gasteiger partial charge in [-0.1, -0.05) is 18.2 Å². The van der Waals surface area contributed by atoms with E-state index in [1.165, 1.54) is 48.8 Å². The van der Waals surface area contributed by atoms with Crippen LogP contribution < -0.4 is 5.32 Å². The number of carbonyl (C=O) groups is 1. The maximum atomic E-state index is 13.9. The van der Waals surface area contributed by atoms with Crippen LogP contribution in [0.4, 0.5) is 9.52 Å². The molecular weight excluding hydrogens is 427 g/mol. The SMILES string of the molecule is COCCS(=O)(=O)c1ccc(C(=O)Nc2nc(C)c(Cc3ccccc3F)s2)cc1. The minimum Gasteiger partial charge on any atom is -0.384 e. The summed E-state index contributed by atoms with van der Waals surface area (Å²) in [5.74, 6) is -0.809. The summed E-state index contributed by atoms with van der Waals surface area (Å²) in [5, 5.41) is 3.12. The van der Waals surface area contributed by atoms with Gasteiger partial charge in [0.05, 0.1) is 22.9 Å². The Balaban J connectivity index is 1.70. The van der Waals surface area contributed by atoms with Gasteiger partial charge in [-0.2, -0.15) is 0 Å². The molecule has 0 aliphatic rings. The molecule has 3 aromatic rings. The van der Waals surface area contributed by atoms with Gasteiger partial charge in [-0.3, -0.25) is 10.1 Å². The Labute approximate surface area is 178 Å². The highest BCUT2D eigenvalue weighted by molar-refractivity contribution is 7.91. The molecule has 1 amide bonds. The number of hydrogen-bond donors (Lipinski definition) is 1. The van der Waals surface area contributed by atoms with Crippen LogP contribution >= 0.6 is 11.3 Å². The molecule has 158 valence electrons. The van der Waals surface area contributed by atoms with Crippen LogP contribution in [-0.4, -0.2) is 38.8 Å². The summed E-state index contributed by atoms with van der Waals surface area (Å²) in [6, 6.07) is 12.2. The zero-order valence-corrected chi connectivity index (χ0v) is 18.1. The third-order valence-electron chi connectivity index (χ3n) is 4.45. The number of aromatic nitrogens is 1. The van der Waals surface area contributed by atoms with Crippen LogP contribution in [0.3, 0.4) is 0 Å². The predicted molar refractivity (Wildman–Crippen MR) is 114 cm³/mol. The Bertz CT molecular complexity index is 1140. The number of nitrogens with one attached hydrogen (secondary N) is 1. The quantitative estimate of drug-likeness (QED) is 0.566. The third-order valence-corrected chi connectivity index (χ3v) is 7.22. The summed E-state index contributed by atoms with van der Waals surface area (Å²) in [6.45, 7) is 1.91. The fourth-order valence-corrected chi connectivity index (χ4v) is 4.91. The molecule has 0 aliphatic heterocycles. The summed E-state index contributed by atoms with van der Waals surface area (Å²) in [7, 11) is -2.02. The summed E-state index contributed by atoms with van der Waals surface area (Å²) in [6.07, 6.45) is 0.389. The zero-order valence-electron chi connectivity index (χ0n) is 16.5. The zero-order chi connectivity index (χ0) is 21.7.